The Bertz CT molecular complexity index is 739. The number of hydrogen-bond acceptors (Lipinski definition) is 4. The van der Waals surface area contributed by atoms with Crippen LogP contribution in [0.5, 0.6) is 0 Å². The first-order valence-corrected chi connectivity index (χ1v) is 8.21. The molecule has 1 aromatic heterocycles. The van der Waals surface area contributed by atoms with Gasteiger partial charge in [-0.25, -0.2) is 0 Å². The van der Waals surface area contributed by atoms with Crippen molar-refractivity contribution in [3.05, 3.63) is 36.0 Å². The number of amides is 2. The lowest BCUT2D eigenvalue weighted by Gasteiger charge is -2.24. The molecule has 7 nitrogen and oxygen atoms in total. The summed E-state index contributed by atoms with van der Waals surface area (Å²) < 4.78 is 6.92. The normalized spacial score (nSPS) is 12.4. The zero-order valence-corrected chi connectivity index (χ0v) is 15.2. The third-order valence-electron chi connectivity index (χ3n) is 4.16. The minimum Gasteiger partial charge on any atom is -0.383 e. The van der Waals surface area contributed by atoms with E-state index in [1.54, 1.807) is 0 Å². The molecule has 0 fully saturated rings. The summed E-state index contributed by atoms with van der Waals surface area (Å²) in [5.74, 6) is -1.28. The molecule has 0 saturated heterocycles. The summed E-state index contributed by atoms with van der Waals surface area (Å²) in [6.45, 7) is 1.02. The molecule has 0 spiro atoms. The predicted octanol–water partition coefficient (Wildman–Crippen LogP) is 0.660. The second kappa shape index (κ2) is 8.64. The van der Waals surface area contributed by atoms with E-state index >= 15 is 0 Å². The summed E-state index contributed by atoms with van der Waals surface area (Å²) in [4.78, 5) is 25.8. The zero-order valence-electron chi connectivity index (χ0n) is 15.2. The van der Waals surface area contributed by atoms with Crippen LogP contribution in [-0.4, -0.2) is 62.2 Å². The van der Waals surface area contributed by atoms with E-state index in [1.165, 1.54) is 7.11 Å². The zero-order chi connectivity index (χ0) is 18.4. The van der Waals surface area contributed by atoms with E-state index in [-0.39, 0.29) is 6.04 Å². The average molecular weight is 346 g/mol. The third-order valence-corrected chi connectivity index (χ3v) is 4.16. The van der Waals surface area contributed by atoms with Gasteiger partial charge in [-0.1, -0.05) is 18.2 Å². The van der Waals surface area contributed by atoms with Crippen molar-refractivity contribution in [2.24, 2.45) is 7.05 Å². The van der Waals surface area contributed by atoms with E-state index in [9.17, 15) is 9.59 Å². The van der Waals surface area contributed by atoms with Crippen LogP contribution in [0.15, 0.2) is 30.5 Å². The fraction of sp³-hybridized carbons (Fsp3) is 0.444. The van der Waals surface area contributed by atoms with Crippen molar-refractivity contribution >= 4 is 22.7 Å². The molecule has 0 bridgehead atoms. The van der Waals surface area contributed by atoms with Crippen molar-refractivity contribution < 1.29 is 14.3 Å². The summed E-state index contributed by atoms with van der Waals surface area (Å²) in [6.07, 6.45) is 2.07. The number of carbonyl (C=O) groups excluding carboxylic acids is 2. The summed E-state index contributed by atoms with van der Waals surface area (Å²) in [5, 5.41) is 6.38. The number of fused-ring (bicyclic) bond motifs is 1. The van der Waals surface area contributed by atoms with E-state index in [4.69, 9.17) is 4.74 Å². The van der Waals surface area contributed by atoms with Crippen LogP contribution in [-0.2, 0) is 21.4 Å². The van der Waals surface area contributed by atoms with Gasteiger partial charge in [-0.15, -0.1) is 0 Å². The van der Waals surface area contributed by atoms with Crippen LogP contribution >= 0.6 is 0 Å². The highest BCUT2D eigenvalue weighted by molar-refractivity contribution is 6.35. The maximum atomic E-state index is 12.0. The Labute approximate surface area is 147 Å². The Morgan fingerprint density at radius 1 is 1.20 bits per heavy atom. The molecule has 1 atom stereocenters. The number of aryl methyl sites for hydroxylation is 1. The van der Waals surface area contributed by atoms with Crippen molar-refractivity contribution in [1.82, 2.24) is 20.1 Å². The monoisotopic (exact) mass is 346 g/mol. The Hall–Kier alpha value is -2.38. The molecule has 7 heteroatoms. The first-order chi connectivity index (χ1) is 12.0. The third kappa shape index (κ3) is 4.58. The predicted molar refractivity (Wildman–Crippen MR) is 97.2 cm³/mol. The average Bonchev–Trinajstić information content (AvgIpc) is 2.92. The molecule has 136 valence electrons. The van der Waals surface area contributed by atoms with Gasteiger partial charge in [0.15, 0.2) is 0 Å². The molecule has 1 unspecified atom stereocenters. The van der Waals surface area contributed by atoms with Crippen molar-refractivity contribution in [1.29, 1.82) is 0 Å². The number of nitrogens with one attached hydrogen (secondary N) is 2. The van der Waals surface area contributed by atoms with Crippen molar-refractivity contribution in [3.63, 3.8) is 0 Å². The van der Waals surface area contributed by atoms with Gasteiger partial charge in [-0.3, -0.25) is 9.59 Å². The van der Waals surface area contributed by atoms with Crippen LogP contribution in [0.25, 0.3) is 10.9 Å². The molecule has 1 aromatic carbocycles. The molecule has 2 N–H and O–H groups in total. The summed E-state index contributed by atoms with van der Waals surface area (Å²) in [5.41, 5.74) is 2.25. The molecule has 0 aliphatic carbocycles. The number of ether oxygens (including phenoxy) is 1. The molecule has 2 aromatic rings. The van der Waals surface area contributed by atoms with Gasteiger partial charge in [0.1, 0.15) is 0 Å². The second-order valence-corrected chi connectivity index (χ2v) is 6.15. The van der Waals surface area contributed by atoms with E-state index in [0.717, 1.165) is 16.5 Å². The highest BCUT2D eigenvalue weighted by Crippen LogP contribution is 2.28. The van der Waals surface area contributed by atoms with Gasteiger partial charge in [0.05, 0.1) is 12.6 Å². The molecule has 25 heavy (non-hydrogen) atoms. The van der Waals surface area contributed by atoms with Gasteiger partial charge in [-0.2, -0.15) is 0 Å². The molecule has 0 aliphatic rings. The smallest absolute Gasteiger partial charge is 0.309 e. The standard InChI is InChI=1S/C18H26N4O3/c1-21(2)16(11-20-18(24)17(23)19-9-10-25-4)14-12-22(3)15-8-6-5-7-13(14)15/h5-8,12,16H,9-11H2,1-4H3,(H,19,23)(H,20,24). The number of carbonyl (C=O) groups is 2. The number of nitrogens with zero attached hydrogens (tertiary/aromatic N) is 2. The molecule has 2 amide bonds. The number of likely N-dealkylation sites (N-methyl/N-ethyl adjacent to an activating group) is 1. The lowest BCUT2D eigenvalue weighted by Crippen LogP contribution is -2.43. The Balaban J connectivity index is 2.09. The van der Waals surface area contributed by atoms with Gasteiger partial charge in [0.25, 0.3) is 0 Å². The molecular formula is C18H26N4O3. The first kappa shape index (κ1) is 19.0. The first-order valence-electron chi connectivity index (χ1n) is 8.21. The van der Waals surface area contributed by atoms with Crippen LogP contribution in [0.2, 0.25) is 0 Å². The summed E-state index contributed by atoms with van der Waals surface area (Å²) >= 11 is 0. The molecular weight excluding hydrogens is 320 g/mol. The molecule has 0 aliphatic heterocycles. The SMILES string of the molecule is COCCNC(=O)C(=O)NCC(c1cn(C)c2ccccc12)N(C)C. The molecule has 2 rings (SSSR count). The molecule has 0 saturated carbocycles. The Morgan fingerprint density at radius 3 is 2.56 bits per heavy atom. The lowest BCUT2D eigenvalue weighted by molar-refractivity contribution is -0.139. The van der Waals surface area contributed by atoms with E-state index in [0.29, 0.717) is 19.7 Å². The minimum absolute atomic E-state index is 0.0400. The lowest BCUT2D eigenvalue weighted by atomic mass is 10.0. The number of hydrogen-bond donors (Lipinski definition) is 2. The summed E-state index contributed by atoms with van der Waals surface area (Å²) in [6, 6.07) is 8.10. The Morgan fingerprint density at radius 2 is 1.88 bits per heavy atom. The second-order valence-electron chi connectivity index (χ2n) is 6.15. The van der Waals surface area contributed by atoms with Crippen molar-refractivity contribution in [3.8, 4) is 0 Å². The molecule has 0 radical (unpaired) electrons. The fourth-order valence-electron chi connectivity index (χ4n) is 2.83. The number of methoxy groups -OCH3 is 1. The van der Waals surface area contributed by atoms with Crippen LogP contribution in [0.1, 0.15) is 11.6 Å². The highest BCUT2D eigenvalue weighted by Gasteiger charge is 2.21. The molecule has 1 heterocycles. The van der Waals surface area contributed by atoms with Crippen LogP contribution in [0.4, 0.5) is 0 Å². The van der Waals surface area contributed by atoms with Crippen LogP contribution in [0.3, 0.4) is 0 Å². The number of rotatable bonds is 7. The fourth-order valence-corrected chi connectivity index (χ4v) is 2.83. The van der Waals surface area contributed by atoms with Gasteiger partial charge in [-0.05, 0) is 25.7 Å². The number of benzene rings is 1. The van der Waals surface area contributed by atoms with Crippen molar-refractivity contribution in [2.45, 2.75) is 6.04 Å². The van der Waals surface area contributed by atoms with E-state index < -0.39 is 11.8 Å². The van der Waals surface area contributed by atoms with Crippen LogP contribution in [0, 0.1) is 0 Å². The Kier molecular flexibility index (Phi) is 6.55. The topological polar surface area (TPSA) is 75.6 Å². The van der Waals surface area contributed by atoms with Crippen molar-refractivity contribution in [2.75, 3.05) is 40.9 Å². The van der Waals surface area contributed by atoms with E-state index in [2.05, 4.69) is 33.5 Å². The number of aromatic nitrogens is 1. The number of para-hydroxylation sites is 1. The maximum absolute atomic E-state index is 12.0. The van der Waals surface area contributed by atoms with Gasteiger partial charge >= 0.3 is 11.8 Å². The minimum atomic E-state index is -0.646. The van der Waals surface area contributed by atoms with Gasteiger partial charge in [0.2, 0.25) is 0 Å². The van der Waals surface area contributed by atoms with Gasteiger partial charge < -0.3 is 24.8 Å². The highest BCUT2D eigenvalue weighted by atomic mass is 16.5. The quantitative estimate of drug-likeness (QED) is 0.570. The van der Waals surface area contributed by atoms with Gasteiger partial charge in [0, 0.05) is 44.3 Å². The maximum Gasteiger partial charge on any atom is 0.309 e. The largest absolute Gasteiger partial charge is 0.383 e. The van der Waals surface area contributed by atoms with Crippen LogP contribution < -0.4 is 10.6 Å². The summed E-state index contributed by atoms with van der Waals surface area (Å²) in [7, 11) is 7.45. The van der Waals surface area contributed by atoms with E-state index in [1.807, 2.05) is 38.2 Å².